The van der Waals surface area contributed by atoms with E-state index in [2.05, 4.69) is 67.4 Å². The average molecular weight is 469 g/mol. The molecule has 1 aromatic heterocycles. The molecule has 2 aromatic rings. The van der Waals surface area contributed by atoms with Crippen LogP contribution in [0.4, 0.5) is 0 Å². The topological polar surface area (TPSA) is 45.5 Å². The van der Waals surface area contributed by atoms with E-state index in [9.17, 15) is 0 Å². The van der Waals surface area contributed by atoms with E-state index >= 15 is 0 Å². The predicted octanol–water partition coefficient (Wildman–Crippen LogP) is 3.76. The Morgan fingerprint density at radius 3 is 2.42 bits per heavy atom. The molecule has 0 spiro atoms. The van der Waals surface area contributed by atoms with E-state index < -0.39 is 0 Å². The number of hydrogen-bond acceptors (Lipinski definition) is 2. The van der Waals surface area contributed by atoms with E-state index in [0.717, 1.165) is 37.6 Å². The Morgan fingerprint density at radius 1 is 1.15 bits per heavy atom. The summed E-state index contributed by atoms with van der Waals surface area (Å²) in [6.45, 7) is 8.79. The third-order valence-electron chi connectivity index (χ3n) is 4.37. The summed E-state index contributed by atoms with van der Waals surface area (Å²) in [5, 5.41) is 8.05. The standard InChI is InChI=1S/C20H31N5.HI/c1-6-18-17(19(7-2)25(5)23-18)14-22-20(21-8-3)24(4)15-16-12-10-9-11-13-16;/h9-13H,6-8,14-15H2,1-5H3,(H,21,22);1H. The van der Waals surface area contributed by atoms with E-state index in [1.807, 2.05) is 17.8 Å². The van der Waals surface area contributed by atoms with Crippen LogP contribution in [0.3, 0.4) is 0 Å². The first-order chi connectivity index (χ1) is 12.1. The van der Waals surface area contributed by atoms with Gasteiger partial charge in [0.1, 0.15) is 0 Å². The largest absolute Gasteiger partial charge is 0.357 e. The SMILES string of the molecule is CCNC(=NCc1c(CC)nn(C)c1CC)N(C)Cc1ccccc1.I. The first-order valence-electron chi connectivity index (χ1n) is 9.17. The summed E-state index contributed by atoms with van der Waals surface area (Å²) in [6, 6.07) is 10.5. The Hall–Kier alpha value is -1.57. The summed E-state index contributed by atoms with van der Waals surface area (Å²) < 4.78 is 2.00. The lowest BCUT2D eigenvalue weighted by molar-refractivity contribution is 0.476. The molecule has 144 valence electrons. The molecule has 0 atom stereocenters. The molecule has 0 fully saturated rings. The van der Waals surface area contributed by atoms with Gasteiger partial charge in [0, 0.05) is 38.4 Å². The minimum atomic E-state index is 0. The summed E-state index contributed by atoms with van der Waals surface area (Å²) in [4.78, 5) is 7.06. The number of aromatic nitrogens is 2. The van der Waals surface area contributed by atoms with Crippen LogP contribution in [0.2, 0.25) is 0 Å². The lowest BCUT2D eigenvalue weighted by Gasteiger charge is -2.22. The number of aryl methyl sites for hydroxylation is 2. The zero-order valence-electron chi connectivity index (χ0n) is 16.6. The van der Waals surface area contributed by atoms with E-state index in [4.69, 9.17) is 4.99 Å². The number of nitrogens with one attached hydrogen (secondary N) is 1. The molecule has 0 radical (unpaired) electrons. The van der Waals surface area contributed by atoms with E-state index in [1.54, 1.807) is 0 Å². The van der Waals surface area contributed by atoms with Gasteiger partial charge in [0.05, 0.1) is 12.2 Å². The molecule has 0 bridgehead atoms. The number of guanidine groups is 1. The van der Waals surface area contributed by atoms with E-state index in [1.165, 1.54) is 16.8 Å². The van der Waals surface area contributed by atoms with Gasteiger partial charge in [-0.2, -0.15) is 5.10 Å². The molecule has 0 aliphatic heterocycles. The van der Waals surface area contributed by atoms with Crippen molar-refractivity contribution in [3.63, 3.8) is 0 Å². The van der Waals surface area contributed by atoms with Crippen molar-refractivity contribution in [1.29, 1.82) is 0 Å². The second-order valence-electron chi connectivity index (χ2n) is 6.21. The molecule has 0 aliphatic rings. The summed E-state index contributed by atoms with van der Waals surface area (Å²) in [7, 11) is 4.11. The van der Waals surface area contributed by atoms with Gasteiger partial charge >= 0.3 is 0 Å². The molecule has 1 N–H and O–H groups in total. The van der Waals surface area contributed by atoms with Crippen molar-refractivity contribution in [2.75, 3.05) is 13.6 Å². The smallest absolute Gasteiger partial charge is 0.194 e. The molecular formula is C20H32IN5. The maximum atomic E-state index is 4.89. The molecular weight excluding hydrogens is 437 g/mol. The Balaban J connectivity index is 0.00000338. The highest BCUT2D eigenvalue weighted by Gasteiger charge is 2.14. The van der Waals surface area contributed by atoms with Gasteiger partial charge in [0.2, 0.25) is 0 Å². The monoisotopic (exact) mass is 469 g/mol. The van der Waals surface area contributed by atoms with Gasteiger partial charge in [-0.1, -0.05) is 44.2 Å². The summed E-state index contributed by atoms with van der Waals surface area (Å²) in [6.07, 6.45) is 1.92. The summed E-state index contributed by atoms with van der Waals surface area (Å²) in [5.74, 6) is 0.930. The molecule has 5 nitrogen and oxygen atoms in total. The Labute approximate surface area is 174 Å². The Morgan fingerprint density at radius 2 is 1.85 bits per heavy atom. The van der Waals surface area contributed by atoms with Gasteiger partial charge in [-0.15, -0.1) is 24.0 Å². The van der Waals surface area contributed by atoms with Crippen LogP contribution in [-0.4, -0.2) is 34.2 Å². The van der Waals surface area contributed by atoms with Gasteiger partial charge in [0.15, 0.2) is 5.96 Å². The quantitative estimate of drug-likeness (QED) is 0.382. The molecule has 26 heavy (non-hydrogen) atoms. The summed E-state index contributed by atoms with van der Waals surface area (Å²) in [5.41, 5.74) is 4.99. The Bertz CT molecular complexity index is 694. The van der Waals surface area contributed by atoms with E-state index in [0.29, 0.717) is 6.54 Å². The lowest BCUT2D eigenvalue weighted by atomic mass is 10.1. The molecule has 2 rings (SSSR count). The van der Waals surface area contributed by atoms with Gasteiger partial charge in [-0.05, 0) is 25.3 Å². The van der Waals surface area contributed by atoms with Crippen LogP contribution < -0.4 is 5.32 Å². The van der Waals surface area contributed by atoms with Crippen LogP contribution >= 0.6 is 24.0 Å². The van der Waals surface area contributed by atoms with Crippen molar-refractivity contribution in [3.8, 4) is 0 Å². The number of hydrogen-bond donors (Lipinski definition) is 1. The zero-order valence-corrected chi connectivity index (χ0v) is 18.9. The minimum Gasteiger partial charge on any atom is -0.357 e. The molecule has 0 aliphatic carbocycles. The van der Waals surface area contributed by atoms with Crippen LogP contribution in [0.15, 0.2) is 35.3 Å². The van der Waals surface area contributed by atoms with Gasteiger partial charge in [0.25, 0.3) is 0 Å². The lowest BCUT2D eigenvalue weighted by Crippen LogP contribution is -2.38. The highest BCUT2D eigenvalue weighted by molar-refractivity contribution is 14.0. The minimum absolute atomic E-state index is 0. The maximum Gasteiger partial charge on any atom is 0.194 e. The number of rotatable bonds is 7. The second-order valence-corrected chi connectivity index (χ2v) is 6.21. The molecule has 1 heterocycles. The van der Waals surface area contributed by atoms with Gasteiger partial charge in [-0.3, -0.25) is 4.68 Å². The molecule has 0 saturated carbocycles. The molecule has 1 aromatic carbocycles. The Kier molecular flexibility index (Phi) is 9.69. The molecule has 0 saturated heterocycles. The van der Waals surface area contributed by atoms with Crippen molar-refractivity contribution in [1.82, 2.24) is 20.0 Å². The highest BCUT2D eigenvalue weighted by atomic mass is 127. The molecule has 0 amide bonds. The van der Waals surface area contributed by atoms with Gasteiger partial charge < -0.3 is 10.2 Å². The molecule has 0 unspecified atom stereocenters. The van der Waals surface area contributed by atoms with Crippen molar-refractivity contribution < 1.29 is 0 Å². The van der Waals surface area contributed by atoms with Crippen molar-refractivity contribution in [2.24, 2.45) is 12.0 Å². The van der Waals surface area contributed by atoms with Crippen LogP contribution in [0.5, 0.6) is 0 Å². The number of halogens is 1. The maximum absolute atomic E-state index is 4.89. The number of benzene rings is 1. The van der Waals surface area contributed by atoms with Crippen molar-refractivity contribution in [2.45, 2.75) is 46.7 Å². The van der Waals surface area contributed by atoms with Crippen molar-refractivity contribution >= 4 is 29.9 Å². The fourth-order valence-electron chi connectivity index (χ4n) is 3.13. The van der Waals surface area contributed by atoms with Crippen LogP contribution in [0, 0.1) is 0 Å². The molecule has 6 heteroatoms. The van der Waals surface area contributed by atoms with Gasteiger partial charge in [-0.25, -0.2) is 4.99 Å². The van der Waals surface area contributed by atoms with Crippen LogP contribution in [-0.2, 0) is 33.0 Å². The number of aliphatic imine (C=N–C) groups is 1. The fraction of sp³-hybridized carbons (Fsp3) is 0.500. The van der Waals surface area contributed by atoms with Crippen LogP contribution in [0.25, 0.3) is 0 Å². The third kappa shape index (κ3) is 5.72. The highest BCUT2D eigenvalue weighted by Crippen LogP contribution is 2.17. The average Bonchev–Trinajstić information content (AvgIpc) is 2.94. The fourth-order valence-corrected chi connectivity index (χ4v) is 3.13. The van der Waals surface area contributed by atoms with Crippen molar-refractivity contribution in [3.05, 3.63) is 52.8 Å². The normalized spacial score (nSPS) is 11.2. The number of nitrogens with zero attached hydrogens (tertiary/aromatic N) is 4. The predicted molar refractivity (Wildman–Crippen MR) is 120 cm³/mol. The first kappa shape index (κ1) is 22.5. The van der Waals surface area contributed by atoms with E-state index in [-0.39, 0.29) is 24.0 Å². The second kappa shape index (κ2) is 11.2. The van der Waals surface area contributed by atoms with Crippen LogP contribution in [0.1, 0.15) is 43.3 Å². The zero-order chi connectivity index (χ0) is 18.2. The summed E-state index contributed by atoms with van der Waals surface area (Å²) >= 11 is 0. The third-order valence-corrected chi connectivity index (χ3v) is 4.37. The first-order valence-corrected chi connectivity index (χ1v) is 9.17.